The molecule has 0 bridgehead atoms. The van der Waals surface area contributed by atoms with Crippen LogP contribution in [0.25, 0.3) is 21.9 Å². The summed E-state index contributed by atoms with van der Waals surface area (Å²) in [5.41, 5.74) is 4.06. The van der Waals surface area contributed by atoms with Gasteiger partial charge in [-0.05, 0) is 52.6 Å². The molecule has 4 rings (SSSR count). The van der Waals surface area contributed by atoms with Gasteiger partial charge in [-0.2, -0.15) is 0 Å². The summed E-state index contributed by atoms with van der Waals surface area (Å²) in [6, 6.07) is 11.0. The molecule has 0 amide bonds. The third-order valence-electron chi connectivity index (χ3n) is 5.68. The van der Waals surface area contributed by atoms with Gasteiger partial charge in [0.25, 0.3) is 0 Å². The van der Waals surface area contributed by atoms with Gasteiger partial charge in [-0.25, -0.2) is 4.79 Å². The fraction of sp³-hybridized carbons (Fsp3) is 0.261. The van der Waals surface area contributed by atoms with Gasteiger partial charge >= 0.3 is 5.97 Å². The number of hydrogen-bond donors (Lipinski definition) is 1. The van der Waals surface area contributed by atoms with Crippen LogP contribution in [-0.2, 0) is 10.2 Å². The number of carbonyl (C=O) groups is 1. The normalized spacial score (nSPS) is 13.8. The summed E-state index contributed by atoms with van der Waals surface area (Å²) in [6.45, 7) is 4.16. The van der Waals surface area contributed by atoms with Gasteiger partial charge in [0.15, 0.2) is 11.5 Å². The number of esters is 1. The molecule has 1 aliphatic carbocycles. The Hall–Kier alpha value is -3.21. The van der Waals surface area contributed by atoms with E-state index in [4.69, 9.17) is 14.2 Å². The molecule has 0 unspecified atom stereocenters. The Balaban J connectivity index is 2.15. The number of carbonyl (C=O) groups excluding carboxylic acids is 1. The highest BCUT2D eigenvalue weighted by Crippen LogP contribution is 2.56. The fourth-order valence-corrected chi connectivity index (χ4v) is 4.25. The molecule has 0 fully saturated rings. The molecule has 0 spiro atoms. The fourth-order valence-electron chi connectivity index (χ4n) is 4.25. The minimum atomic E-state index is -0.408. The van der Waals surface area contributed by atoms with Crippen molar-refractivity contribution in [2.24, 2.45) is 0 Å². The van der Waals surface area contributed by atoms with Crippen molar-refractivity contribution >= 4 is 16.7 Å². The third-order valence-corrected chi connectivity index (χ3v) is 5.68. The van der Waals surface area contributed by atoms with Crippen molar-refractivity contribution in [2.45, 2.75) is 19.3 Å². The van der Waals surface area contributed by atoms with Crippen molar-refractivity contribution in [3.8, 4) is 28.4 Å². The van der Waals surface area contributed by atoms with Crippen LogP contribution in [0.4, 0.5) is 0 Å². The summed E-state index contributed by atoms with van der Waals surface area (Å²) in [4.78, 5) is 12.0. The second-order valence-electron chi connectivity index (χ2n) is 7.42. The Kier molecular flexibility index (Phi) is 4.00. The second kappa shape index (κ2) is 6.16. The average molecular weight is 378 g/mol. The van der Waals surface area contributed by atoms with E-state index < -0.39 is 5.41 Å². The molecule has 1 aliphatic rings. The maximum Gasteiger partial charge on any atom is 0.337 e. The van der Waals surface area contributed by atoms with Crippen molar-refractivity contribution in [1.82, 2.24) is 0 Å². The van der Waals surface area contributed by atoms with Gasteiger partial charge in [0, 0.05) is 16.2 Å². The first-order valence-electron chi connectivity index (χ1n) is 8.99. The lowest BCUT2D eigenvalue weighted by molar-refractivity contribution is 0.0600. The highest BCUT2D eigenvalue weighted by Gasteiger charge is 2.39. The molecule has 5 heteroatoms. The predicted molar refractivity (Wildman–Crippen MR) is 108 cm³/mol. The maximum absolute atomic E-state index is 12.0. The van der Waals surface area contributed by atoms with Crippen LogP contribution >= 0.6 is 0 Å². The van der Waals surface area contributed by atoms with E-state index in [0.717, 1.165) is 27.6 Å². The van der Waals surface area contributed by atoms with E-state index in [1.165, 1.54) is 7.11 Å². The van der Waals surface area contributed by atoms with Crippen molar-refractivity contribution in [3.63, 3.8) is 0 Å². The summed E-state index contributed by atoms with van der Waals surface area (Å²) in [7, 11) is 4.56. The lowest BCUT2D eigenvalue weighted by Gasteiger charge is -2.22. The van der Waals surface area contributed by atoms with Crippen LogP contribution in [0, 0.1) is 0 Å². The van der Waals surface area contributed by atoms with Gasteiger partial charge in [0.05, 0.1) is 26.9 Å². The molecular formula is C23H22O5. The number of ether oxygens (including phenoxy) is 3. The summed E-state index contributed by atoms with van der Waals surface area (Å²) in [6.07, 6.45) is 0. The van der Waals surface area contributed by atoms with Crippen LogP contribution in [0.15, 0.2) is 36.4 Å². The number of hydrogen-bond acceptors (Lipinski definition) is 5. The topological polar surface area (TPSA) is 65.0 Å². The van der Waals surface area contributed by atoms with Crippen LogP contribution in [-0.4, -0.2) is 32.4 Å². The second-order valence-corrected chi connectivity index (χ2v) is 7.42. The van der Waals surface area contributed by atoms with E-state index >= 15 is 0 Å². The Morgan fingerprint density at radius 2 is 1.71 bits per heavy atom. The van der Waals surface area contributed by atoms with E-state index in [0.29, 0.717) is 22.4 Å². The molecule has 0 heterocycles. The molecule has 0 atom stereocenters. The molecule has 3 aromatic rings. The van der Waals surface area contributed by atoms with Crippen molar-refractivity contribution in [2.75, 3.05) is 21.3 Å². The number of phenolic OH excluding ortho intramolecular Hbond substituents is 1. The Bertz CT molecular complexity index is 1130. The summed E-state index contributed by atoms with van der Waals surface area (Å²) < 4.78 is 16.0. The van der Waals surface area contributed by atoms with Crippen LogP contribution in [0.3, 0.4) is 0 Å². The van der Waals surface area contributed by atoms with Gasteiger partial charge in [-0.15, -0.1) is 0 Å². The molecule has 0 aromatic heterocycles. The van der Waals surface area contributed by atoms with Crippen LogP contribution in [0.1, 0.15) is 35.3 Å². The lowest BCUT2D eigenvalue weighted by atomic mass is 9.81. The quantitative estimate of drug-likeness (QED) is 0.672. The molecule has 0 saturated heterocycles. The van der Waals surface area contributed by atoms with Crippen LogP contribution < -0.4 is 9.47 Å². The van der Waals surface area contributed by atoms with Crippen LogP contribution in [0.5, 0.6) is 17.2 Å². The molecule has 0 radical (unpaired) electrons. The maximum atomic E-state index is 12.0. The van der Waals surface area contributed by atoms with Crippen molar-refractivity contribution in [1.29, 1.82) is 0 Å². The van der Waals surface area contributed by atoms with Crippen molar-refractivity contribution < 1.29 is 24.1 Å². The number of phenols is 1. The lowest BCUT2D eigenvalue weighted by Crippen LogP contribution is -2.16. The van der Waals surface area contributed by atoms with E-state index in [-0.39, 0.29) is 11.7 Å². The highest BCUT2D eigenvalue weighted by atomic mass is 16.5. The number of aromatic hydroxyl groups is 1. The minimum absolute atomic E-state index is 0.184. The Morgan fingerprint density at radius 1 is 0.964 bits per heavy atom. The zero-order valence-electron chi connectivity index (χ0n) is 16.5. The van der Waals surface area contributed by atoms with E-state index in [9.17, 15) is 9.90 Å². The number of fused-ring (bicyclic) bond motifs is 5. The first-order chi connectivity index (χ1) is 13.3. The monoisotopic (exact) mass is 378 g/mol. The molecular weight excluding hydrogens is 356 g/mol. The molecule has 5 nitrogen and oxygen atoms in total. The zero-order valence-corrected chi connectivity index (χ0v) is 16.5. The SMILES string of the molecule is COC(=O)c1ccc2c(c1)C(C)(C)c1cc(O)c3ccc(OC)c(OC)c3c1-2. The number of rotatable bonds is 3. The first kappa shape index (κ1) is 18.2. The number of benzene rings is 3. The summed E-state index contributed by atoms with van der Waals surface area (Å²) >= 11 is 0. The van der Waals surface area contributed by atoms with E-state index in [2.05, 4.69) is 13.8 Å². The van der Waals surface area contributed by atoms with Crippen LogP contribution in [0.2, 0.25) is 0 Å². The number of methoxy groups -OCH3 is 3. The zero-order chi connectivity index (χ0) is 20.2. The summed E-state index contributed by atoms with van der Waals surface area (Å²) in [5, 5.41) is 12.2. The van der Waals surface area contributed by atoms with Gasteiger partial charge < -0.3 is 19.3 Å². The average Bonchev–Trinajstić information content (AvgIpc) is 2.93. The largest absolute Gasteiger partial charge is 0.507 e. The molecule has 0 saturated carbocycles. The van der Waals surface area contributed by atoms with Gasteiger partial charge in [0.1, 0.15) is 5.75 Å². The highest BCUT2D eigenvalue weighted by molar-refractivity contribution is 6.09. The third kappa shape index (κ3) is 2.29. The summed E-state index contributed by atoms with van der Waals surface area (Å²) in [5.74, 6) is 0.985. The van der Waals surface area contributed by atoms with Crippen molar-refractivity contribution in [3.05, 3.63) is 53.1 Å². The van der Waals surface area contributed by atoms with Gasteiger partial charge in [-0.1, -0.05) is 19.9 Å². The Labute approximate surface area is 163 Å². The predicted octanol–water partition coefficient (Wildman–Crippen LogP) is 4.66. The molecule has 3 aromatic carbocycles. The molecule has 144 valence electrons. The van der Waals surface area contributed by atoms with Gasteiger partial charge in [0.2, 0.25) is 0 Å². The van der Waals surface area contributed by atoms with E-state index in [1.807, 2.05) is 18.2 Å². The molecule has 28 heavy (non-hydrogen) atoms. The molecule has 1 N–H and O–H groups in total. The van der Waals surface area contributed by atoms with E-state index in [1.54, 1.807) is 32.4 Å². The standard InChI is InChI=1S/C23H22O5/c1-23(2)15-10-12(22(25)28-5)6-7-13(15)19-16(23)11-17(24)14-8-9-18(26-3)21(27-4)20(14)19/h6-11,24H,1-5H3. The smallest absolute Gasteiger partial charge is 0.337 e. The Morgan fingerprint density at radius 3 is 2.36 bits per heavy atom. The molecule has 0 aliphatic heterocycles. The first-order valence-corrected chi connectivity index (χ1v) is 8.99. The van der Waals surface area contributed by atoms with Gasteiger partial charge in [-0.3, -0.25) is 0 Å². The minimum Gasteiger partial charge on any atom is -0.507 e.